The molecule has 29 heavy (non-hydrogen) atoms. The number of carbonyl (C=O) groups excluding carboxylic acids is 2. The van der Waals surface area contributed by atoms with E-state index in [2.05, 4.69) is 31.1 Å². The monoisotopic (exact) mass is 477 g/mol. The summed E-state index contributed by atoms with van der Waals surface area (Å²) in [5.74, 6) is 0.170. The summed E-state index contributed by atoms with van der Waals surface area (Å²) < 4.78 is 12.4. The number of halogens is 2. The molecule has 150 valence electrons. The fourth-order valence-corrected chi connectivity index (χ4v) is 3.26. The number of carbonyl (C=O) groups is 2. The molecule has 0 fully saturated rings. The second kappa shape index (κ2) is 9.58. The number of esters is 1. The molecule has 9 heteroatoms. The molecule has 1 aromatic heterocycles. The predicted octanol–water partition coefficient (Wildman–Crippen LogP) is 4.15. The molecule has 1 N–H and O–H groups in total. The van der Waals surface area contributed by atoms with Crippen LogP contribution in [0.4, 0.5) is 5.82 Å². The van der Waals surface area contributed by atoms with Gasteiger partial charge in [-0.25, -0.2) is 9.48 Å². The maximum absolute atomic E-state index is 12.3. The molecule has 3 rings (SSSR count). The summed E-state index contributed by atoms with van der Waals surface area (Å²) in [7, 11) is 1.31. The maximum atomic E-state index is 12.3. The predicted molar refractivity (Wildman–Crippen MR) is 112 cm³/mol. The highest BCUT2D eigenvalue weighted by molar-refractivity contribution is 9.10. The second-order valence-corrected chi connectivity index (χ2v) is 7.27. The van der Waals surface area contributed by atoms with Crippen molar-refractivity contribution in [1.29, 1.82) is 0 Å². The van der Waals surface area contributed by atoms with Crippen LogP contribution in [-0.4, -0.2) is 35.4 Å². The normalized spacial score (nSPS) is 10.4. The minimum atomic E-state index is -0.456. The topological polar surface area (TPSA) is 82.4 Å². The van der Waals surface area contributed by atoms with E-state index in [1.807, 2.05) is 18.2 Å². The molecule has 0 unspecified atom stereocenters. The molecule has 0 aliphatic rings. The number of nitrogens with one attached hydrogen (secondary N) is 1. The third kappa shape index (κ3) is 5.58. The Morgan fingerprint density at radius 3 is 2.76 bits per heavy atom. The van der Waals surface area contributed by atoms with Gasteiger partial charge in [-0.15, -0.1) is 0 Å². The third-order valence-corrected chi connectivity index (χ3v) is 4.77. The minimum Gasteiger partial charge on any atom is -0.483 e. The quantitative estimate of drug-likeness (QED) is 0.516. The molecule has 0 spiro atoms. The molecule has 0 saturated heterocycles. The van der Waals surface area contributed by atoms with Crippen LogP contribution in [0.2, 0.25) is 5.02 Å². The molecule has 7 nitrogen and oxygen atoms in total. The summed E-state index contributed by atoms with van der Waals surface area (Å²) in [5, 5.41) is 7.63. The molecule has 3 aromatic rings. The van der Waals surface area contributed by atoms with Crippen LogP contribution in [-0.2, 0) is 16.1 Å². The zero-order valence-electron chi connectivity index (χ0n) is 15.4. The average Bonchev–Trinajstić information content (AvgIpc) is 3.12. The van der Waals surface area contributed by atoms with Gasteiger partial charge in [0.25, 0.3) is 5.91 Å². The minimum absolute atomic E-state index is 0.210. The van der Waals surface area contributed by atoms with E-state index in [4.69, 9.17) is 16.3 Å². The average molecular weight is 479 g/mol. The van der Waals surface area contributed by atoms with Gasteiger partial charge >= 0.3 is 5.97 Å². The Labute approximate surface area is 180 Å². The maximum Gasteiger partial charge on any atom is 0.337 e. The van der Waals surface area contributed by atoms with Gasteiger partial charge in [0.05, 0.1) is 29.9 Å². The largest absolute Gasteiger partial charge is 0.483 e. The van der Waals surface area contributed by atoms with E-state index in [-0.39, 0.29) is 12.5 Å². The van der Waals surface area contributed by atoms with E-state index in [1.165, 1.54) is 7.11 Å². The van der Waals surface area contributed by atoms with Crippen molar-refractivity contribution >= 4 is 45.2 Å². The molecule has 0 atom stereocenters. The molecular formula is C20H17BrClN3O4. The van der Waals surface area contributed by atoms with E-state index in [9.17, 15) is 9.59 Å². The van der Waals surface area contributed by atoms with Gasteiger partial charge in [-0.2, -0.15) is 5.10 Å². The zero-order valence-corrected chi connectivity index (χ0v) is 17.7. The summed E-state index contributed by atoms with van der Waals surface area (Å²) in [6, 6.07) is 13.8. The Kier molecular flexibility index (Phi) is 6.90. The van der Waals surface area contributed by atoms with Gasteiger partial charge < -0.3 is 14.8 Å². The van der Waals surface area contributed by atoms with Crippen LogP contribution in [0.1, 0.15) is 15.9 Å². The highest BCUT2D eigenvalue weighted by Gasteiger charge is 2.12. The molecule has 1 heterocycles. The molecule has 2 aromatic carbocycles. The van der Waals surface area contributed by atoms with Gasteiger partial charge in [0.1, 0.15) is 11.6 Å². The Bertz CT molecular complexity index is 1040. The van der Waals surface area contributed by atoms with Crippen molar-refractivity contribution in [3.05, 3.63) is 75.4 Å². The van der Waals surface area contributed by atoms with E-state index in [0.717, 1.165) is 5.56 Å². The number of nitrogens with zero attached hydrogens (tertiary/aromatic N) is 2. The highest BCUT2D eigenvalue weighted by Crippen LogP contribution is 2.26. The highest BCUT2D eigenvalue weighted by atomic mass is 79.9. The Morgan fingerprint density at radius 1 is 1.21 bits per heavy atom. The van der Waals surface area contributed by atoms with Gasteiger partial charge in [0, 0.05) is 11.1 Å². The number of hydrogen-bond acceptors (Lipinski definition) is 5. The van der Waals surface area contributed by atoms with Crippen LogP contribution in [0.5, 0.6) is 5.75 Å². The lowest BCUT2D eigenvalue weighted by atomic mass is 10.2. The van der Waals surface area contributed by atoms with E-state index in [0.29, 0.717) is 33.2 Å². The zero-order chi connectivity index (χ0) is 20.8. The molecule has 0 bridgehead atoms. The van der Waals surface area contributed by atoms with Gasteiger partial charge in [-0.3, -0.25) is 4.79 Å². The third-order valence-electron chi connectivity index (χ3n) is 3.92. The van der Waals surface area contributed by atoms with Crippen LogP contribution in [0, 0.1) is 0 Å². The van der Waals surface area contributed by atoms with Crippen LogP contribution in [0.3, 0.4) is 0 Å². The van der Waals surface area contributed by atoms with Gasteiger partial charge in [-0.05, 0) is 51.8 Å². The summed E-state index contributed by atoms with van der Waals surface area (Å²) in [5.41, 5.74) is 1.34. The number of anilines is 1. The van der Waals surface area contributed by atoms with Gasteiger partial charge in [0.2, 0.25) is 0 Å². The van der Waals surface area contributed by atoms with Gasteiger partial charge in [-0.1, -0.05) is 23.7 Å². The number of aromatic nitrogens is 2. The van der Waals surface area contributed by atoms with Crippen molar-refractivity contribution in [1.82, 2.24) is 9.78 Å². The van der Waals surface area contributed by atoms with Crippen LogP contribution < -0.4 is 10.1 Å². The molecule has 0 radical (unpaired) electrons. The van der Waals surface area contributed by atoms with Crippen molar-refractivity contribution in [2.24, 2.45) is 0 Å². The SMILES string of the molecule is COC(=O)c1ccc(OCC(=O)Nc2ccnn2Cc2cccc(Cl)c2)c(Br)c1. The standard InChI is InChI=1S/C20H17BrClN3O4/c1-28-20(27)14-5-6-17(16(21)10-14)29-12-19(26)24-18-7-8-23-25(18)11-13-3-2-4-15(22)9-13/h2-10H,11-12H2,1H3,(H,24,26). The van der Waals surface area contributed by atoms with Crippen LogP contribution >= 0.6 is 27.5 Å². The molecule has 1 amide bonds. The lowest BCUT2D eigenvalue weighted by Crippen LogP contribution is -2.22. The summed E-state index contributed by atoms with van der Waals surface area (Å²) >= 11 is 9.33. The van der Waals surface area contributed by atoms with Crippen molar-refractivity contribution in [2.45, 2.75) is 6.54 Å². The first kappa shape index (κ1) is 20.9. The lowest BCUT2D eigenvalue weighted by Gasteiger charge is -2.11. The Morgan fingerprint density at radius 2 is 2.03 bits per heavy atom. The first-order chi connectivity index (χ1) is 14.0. The number of rotatable bonds is 7. The smallest absolute Gasteiger partial charge is 0.337 e. The number of ether oxygens (including phenoxy) is 2. The molecule has 0 saturated carbocycles. The van der Waals surface area contributed by atoms with E-state index < -0.39 is 5.97 Å². The van der Waals surface area contributed by atoms with E-state index >= 15 is 0 Å². The number of methoxy groups -OCH3 is 1. The fourth-order valence-electron chi connectivity index (χ4n) is 2.56. The number of hydrogen-bond donors (Lipinski definition) is 1. The van der Waals surface area contributed by atoms with Crippen LogP contribution in [0.25, 0.3) is 0 Å². The molecule has 0 aliphatic heterocycles. The van der Waals surface area contributed by atoms with E-state index in [1.54, 1.807) is 41.2 Å². The van der Waals surface area contributed by atoms with Gasteiger partial charge in [0.15, 0.2) is 6.61 Å². The number of amides is 1. The Balaban J connectivity index is 1.59. The summed E-state index contributed by atoms with van der Waals surface area (Å²) in [4.78, 5) is 23.8. The molecule has 0 aliphatic carbocycles. The van der Waals surface area contributed by atoms with Crippen molar-refractivity contribution < 1.29 is 19.1 Å². The first-order valence-corrected chi connectivity index (χ1v) is 9.70. The fraction of sp³-hybridized carbons (Fsp3) is 0.150. The van der Waals surface area contributed by atoms with Crippen LogP contribution in [0.15, 0.2) is 59.2 Å². The first-order valence-electron chi connectivity index (χ1n) is 8.53. The Hall–Kier alpha value is -2.84. The summed E-state index contributed by atoms with van der Waals surface area (Å²) in [6.45, 7) is 0.253. The second-order valence-electron chi connectivity index (χ2n) is 5.98. The van der Waals surface area contributed by atoms with Crippen molar-refractivity contribution in [3.63, 3.8) is 0 Å². The molecular weight excluding hydrogens is 462 g/mol. The van der Waals surface area contributed by atoms with Crippen molar-refractivity contribution in [2.75, 3.05) is 19.0 Å². The van der Waals surface area contributed by atoms with Crippen molar-refractivity contribution in [3.8, 4) is 5.75 Å². The summed E-state index contributed by atoms with van der Waals surface area (Å²) in [6.07, 6.45) is 1.60. The number of benzene rings is 2. The lowest BCUT2D eigenvalue weighted by molar-refractivity contribution is -0.118.